The number of hydrogen-bond donors (Lipinski definition) is 6. The number of aliphatic hydroxyl groups excluding tert-OH is 2. The van der Waals surface area contributed by atoms with Crippen LogP contribution in [0.4, 0.5) is 21.6 Å². The van der Waals surface area contributed by atoms with Crippen LogP contribution in [0.15, 0.2) is 109 Å². The van der Waals surface area contributed by atoms with Gasteiger partial charge in [0.05, 0.1) is 42.0 Å². The van der Waals surface area contributed by atoms with Crippen molar-refractivity contribution in [2.75, 3.05) is 63.6 Å². The van der Waals surface area contributed by atoms with E-state index >= 15 is 0 Å². The molecule has 0 aliphatic carbocycles. The topological polar surface area (TPSA) is 188 Å². The molecule has 3 atom stereocenters. The monoisotopic (exact) mass is 880 g/mol. The molecule has 0 radical (unpaired) electrons. The smallest absolute Gasteiger partial charge is 0.320 e. The third kappa shape index (κ3) is 13.3. The molecule has 0 bridgehead atoms. The van der Waals surface area contributed by atoms with Crippen molar-refractivity contribution in [2.45, 2.75) is 31.7 Å². The summed E-state index contributed by atoms with van der Waals surface area (Å²) < 4.78 is 30.1. The highest BCUT2D eigenvalue weighted by Gasteiger charge is 2.23. The van der Waals surface area contributed by atoms with E-state index in [0.29, 0.717) is 85.1 Å². The van der Waals surface area contributed by atoms with Crippen LogP contribution >= 0.6 is 11.6 Å². The lowest BCUT2D eigenvalue weighted by Gasteiger charge is -2.29. The number of esters is 1. The summed E-state index contributed by atoms with van der Waals surface area (Å²) in [6, 6.07) is 30.0. The van der Waals surface area contributed by atoms with Crippen molar-refractivity contribution >= 4 is 52.0 Å². The maximum absolute atomic E-state index is 13.5. The first-order chi connectivity index (χ1) is 30.5. The molecule has 0 saturated carbocycles. The normalized spacial score (nSPS) is 14.8. The van der Waals surface area contributed by atoms with Gasteiger partial charge < -0.3 is 45.5 Å². The number of nitrogens with one attached hydrogen (secondary N) is 3. The van der Waals surface area contributed by atoms with Crippen molar-refractivity contribution in [3.8, 4) is 17.2 Å². The minimum absolute atomic E-state index is 0.00923. The number of cyclic esters (lactones) is 1. The third-order valence-corrected chi connectivity index (χ3v) is 10.4. The first kappa shape index (κ1) is 46.2. The van der Waals surface area contributed by atoms with Gasteiger partial charge in [0.2, 0.25) is 0 Å². The van der Waals surface area contributed by atoms with E-state index in [1.165, 1.54) is 30.6 Å². The summed E-state index contributed by atoms with van der Waals surface area (Å²) in [5, 5.41) is 40.3. The molecule has 1 aliphatic heterocycles. The zero-order valence-corrected chi connectivity index (χ0v) is 35.6. The first-order valence-corrected chi connectivity index (χ1v) is 20.7. The van der Waals surface area contributed by atoms with Crippen molar-refractivity contribution in [1.29, 1.82) is 0 Å². The summed E-state index contributed by atoms with van der Waals surface area (Å²) in [7, 11) is 1.55. The first-order valence-electron chi connectivity index (χ1n) is 20.3. The highest BCUT2D eigenvalue weighted by atomic mass is 35.5. The number of rotatable bonds is 18. The van der Waals surface area contributed by atoms with Gasteiger partial charge in [-0.25, -0.2) is 14.4 Å². The molecular weight excluding hydrogens is 831 g/mol. The van der Waals surface area contributed by atoms with Crippen LogP contribution in [0.25, 0.3) is 10.9 Å². The van der Waals surface area contributed by atoms with Gasteiger partial charge in [-0.3, -0.25) is 14.5 Å². The molecule has 2 heterocycles. The number of benzene rings is 5. The van der Waals surface area contributed by atoms with Crippen molar-refractivity contribution in [3.05, 3.63) is 143 Å². The molecule has 330 valence electrons. The van der Waals surface area contributed by atoms with Gasteiger partial charge in [-0.15, -0.1) is 0 Å². The second-order valence-electron chi connectivity index (χ2n) is 14.8. The predicted molar refractivity (Wildman–Crippen MR) is 240 cm³/mol. The average molecular weight is 881 g/mol. The van der Waals surface area contributed by atoms with Crippen LogP contribution < -0.4 is 25.4 Å². The number of morpholine rings is 1. The van der Waals surface area contributed by atoms with Gasteiger partial charge in [-0.1, -0.05) is 60.1 Å². The van der Waals surface area contributed by atoms with Crippen molar-refractivity contribution < 1.29 is 43.5 Å². The third-order valence-electron chi connectivity index (χ3n) is 10.1. The highest BCUT2D eigenvalue weighted by Crippen LogP contribution is 2.35. The Labute approximate surface area is 369 Å². The quantitative estimate of drug-likeness (QED) is 0.0294. The number of aliphatic hydroxyl groups is 2. The van der Waals surface area contributed by atoms with Gasteiger partial charge in [0.15, 0.2) is 17.8 Å². The number of anilines is 3. The van der Waals surface area contributed by atoms with Crippen LogP contribution in [0.2, 0.25) is 5.02 Å². The van der Waals surface area contributed by atoms with Crippen LogP contribution in [0.5, 0.6) is 17.2 Å². The molecule has 1 aliphatic rings. The van der Waals surface area contributed by atoms with E-state index in [1.54, 1.807) is 31.4 Å². The molecule has 14 nitrogen and oxygen atoms in total. The summed E-state index contributed by atoms with van der Waals surface area (Å²) in [5.74, 6) is 0.729. The lowest BCUT2D eigenvalue weighted by molar-refractivity contribution is -0.157. The standard InChI is InChI=1S/C25H28N2O4.C22H22ClFN4O4/c28-17-21-14-20(8-11-23(21)29)24(30)15-26-13-12-18-6-9-22(10-7-18)27-16-25(31)19-4-2-1-3-5-19;1-13-10-28(11-21(29)32-13)5-6-31-20-8-15-18(9-19(20)30-2)25-12-26-22(15)27-14-3-4-17(24)16(23)7-14/h1-11,14,17,24-27,29-31H,12-13,15-16H2;3-4,7-9,12-13H,5-6,10-11H2,1-2H3,(H,25,26,27)/t;13-/m.0/s1. The van der Waals surface area contributed by atoms with Crippen molar-refractivity contribution in [3.63, 3.8) is 0 Å². The van der Waals surface area contributed by atoms with E-state index in [2.05, 4.69) is 25.9 Å². The van der Waals surface area contributed by atoms with Gasteiger partial charge in [-0.2, -0.15) is 0 Å². The zero-order valence-electron chi connectivity index (χ0n) is 34.8. The van der Waals surface area contributed by atoms with E-state index in [0.717, 1.165) is 23.2 Å². The minimum atomic E-state index is -0.762. The van der Waals surface area contributed by atoms with Gasteiger partial charge >= 0.3 is 5.97 Å². The fourth-order valence-corrected chi connectivity index (χ4v) is 6.95. The molecule has 2 unspecified atom stereocenters. The van der Waals surface area contributed by atoms with Crippen LogP contribution in [-0.2, 0) is 16.0 Å². The number of aromatic hydroxyl groups is 1. The van der Waals surface area contributed by atoms with Crippen LogP contribution in [0, 0.1) is 5.82 Å². The van der Waals surface area contributed by atoms with E-state index in [1.807, 2.05) is 66.4 Å². The second kappa shape index (κ2) is 22.6. The number of carbonyl (C=O) groups is 2. The number of fused-ring (bicyclic) bond motifs is 1. The largest absolute Gasteiger partial charge is 0.507 e. The number of nitrogens with zero attached hydrogens (tertiary/aromatic N) is 3. The molecule has 1 saturated heterocycles. The zero-order chi connectivity index (χ0) is 44.7. The number of hydrogen-bond acceptors (Lipinski definition) is 14. The Balaban J connectivity index is 0.000000210. The predicted octanol–water partition coefficient (Wildman–Crippen LogP) is 7.02. The van der Waals surface area contributed by atoms with E-state index < -0.39 is 18.0 Å². The summed E-state index contributed by atoms with van der Waals surface area (Å²) in [6.07, 6.45) is 1.33. The van der Waals surface area contributed by atoms with Crippen LogP contribution in [0.1, 0.15) is 46.2 Å². The SMILES string of the molecule is COc1cc2ncnc(Nc3ccc(F)c(Cl)c3)c2cc1OCCN1CC(=O)O[C@@H](C)C1.O=Cc1cc(C(O)CNCCc2ccc(NCC(O)c3ccccc3)cc2)ccc1O. The number of aromatic nitrogens is 2. The molecule has 63 heavy (non-hydrogen) atoms. The highest BCUT2D eigenvalue weighted by molar-refractivity contribution is 6.31. The number of aldehydes is 1. The fourth-order valence-electron chi connectivity index (χ4n) is 6.77. The van der Waals surface area contributed by atoms with Gasteiger partial charge in [0.1, 0.15) is 36.4 Å². The van der Waals surface area contributed by atoms with Crippen molar-refractivity contribution in [1.82, 2.24) is 20.2 Å². The lowest BCUT2D eigenvalue weighted by atomic mass is 10.1. The molecule has 5 aromatic carbocycles. The number of phenolic OH excluding ortho intramolecular Hbond substituents is 1. The maximum Gasteiger partial charge on any atom is 0.320 e. The van der Waals surface area contributed by atoms with Crippen molar-refractivity contribution in [2.24, 2.45) is 0 Å². The summed E-state index contributed by atoms with van der Waals surface area (Å²) in [6.45, 7) is 5.15. The Morgan fingerprint density at radius 2 is 1.70 bits per heavy atom. The molecule has 0 amide bonds. The fraction of sp³-hybridized carbons (Fsp3) is 0.277. The Morgan fingerprint density at radius 1 is 0.937 bits per heavy atom. The molecule has 1 aromatic heterocycles. The lowest BCUT2D eigenvalue weighted by Crippen LogP contribution is -2.45. The van der Waals surface area contributed by atoms with E-state index in [9.17, 15) is 29.3 Å². The Hall–Kier alpha value is -6.36. The molecule has 1 fully saturated rings. The number of phenols is 1. The molecule has 0 spiro atoms. The minimum Gasteiger partial charge on any atom is -0.507 e. The summed E-state index contributed by atoms with van der Waals surface area (Å²) >= 11 is 5.89. The molecule has 16 heteroatoms. The molecular formula is C47H50ClFN6O8. The van der Waals surface area contributed by atoms with E-state index in [4.69, 9.17) is 25.8 Å². The number of carbonyl (C=O) groups excluding carboxylic acids is 2. The molecule has 6 aromatic rings. The Bertz CT molecular complexity index is 2450. The van der Waals surface area contributed by atoms with Crippen LogP contribution in [0.3, 0.4) is 0 Å². The van der Waals surface area contributed by atoms with E-state index in [-0.39, 0.29) is 35.0 Å². The summed E-state index contributed by atoms with van der Waals surface area (Å²) in [5.41, 5.74) is 4.97. The number of halogens is 2. The number of ether oxygens (including phenoxy) is 3. The number of methoxy groups -OCH3 is 1. The van der Waals surface area contributed by atoms with Gasteiger partial charge in [0, 0.05) is 49.0 Å². The second-order valence-corrected chi connectivity index (χ2v) is 15.2. The summed E-state index contributed by atoms with van der Waals surface area (Å²) in [4.78, 5) is 33.1. The Kier molecular flexibility index (Phi) is 16.6. The van der Waals surface area contributed by atoms with Crippen LogP contribution in [-0.4, -0.2) is 102 Å². The van der Waals surface area contributed by atoms with Gasteiger partial charge in [0.25, 0.3) is 0 Å². The maximum atomic E-state index is 13.5. The molecule has 6 N–H and O–H groups in total. The van der Waals surface area contributed by atoms with Gasteiger partial charge in [-0.05, 0) is 85.1 Å². The average Bonchev–Trinajstić information content (AvgIpc) is 3.29. The molecule has 7 rings (SSSR count). The Morgan fingerprint density at radius 3 is 2.43 bits per heavy atom.